The smallest absolute Gasteiger partial charge is 0.243 e. The lowest BCUT2D eigenvalue weighted by Crippen LogP contribution is -2.41. The summed E-state index contributed by atoms with van der Waals surface area (Å²) in [5.74, 6) is 0.773. The van der Waals surface area contributed by atoms with Gasteiger partial charge in [-0.1, -0.05) is 59.3 Å². The summed E-state index contributed by atoms with van der Waals surface area (Å²) >= 11 is 3.51. The van der Waals surface area contributed by atoms with E-state index in [0.29, 0.717) is 6.54 Å². The minimum absolute atomic E-state index is 0.0225. The third-order valence-corrected chi connectivity index (χ3v) is 4.24. The standard InChI is InChI=1S/C20H24BrNO2/c1-5-16-11-12-17(24-4)13-18(16)22(19(23)20(2,3)21)14-15-9-7-6-8-10-15/h6-13H,5,14H2,1-4H3. The van der Waals surface area contributed by atoms with Crippen molar-refractivity contribution in [3.05, 3.63) is 59.7 Å². The molecule has 2 rings (SSSR count). The van der Waals surface area contributed by atoms with E-state index < -0.39 is 4.32 Å². The maximum absolute atomic E-state index is 13.1. The second-order valence-corrected chi connectivity index (χ2v) is 8.18. The Morgan fingerprint density at radius 2 is 1.83 bits per heavy atom. The second-order valence-electron chi connectivity index (χ2n) is 6.20. The molecule has 0 heterocycles. The van der Waals surface area contributed by atoms with Crippen LogP contribution in [0, 0.1) is 0 Å². The molecule has 2 aromatic carbocycles. The number of anilines is 1. The molecule has 0 radical (unpaired) electrons. The normalized spacial score (nSPS) is 11.2. The van der Waals surface area contributed by atoms with Crippen molar-refractivity contribution >= 4 is 27.5 Å². The lowest BCUT2D eigenvalue weighted by molar-refractivity contribution is -0.120. The third kappa shape index (κ3) is 4.38. The van der Waals surface area contributed by atoms with Gasteiger partial charge in [-0.3, -0.25) is 4.79 Å². The highest BCUT2D eigenvalue weighted by molar-refractivity contribution is 9.10. The fraction of sp³-hybridized carbons (Fsp3) is 0.350. The molecular weight excluding hydrogens is 366 g/mol. The number of benzene rings is 2. The molecule has 0 aliphatic rings. The van der Waals surface area contributed by atoms with E-state index in [-0.39, 0.29) is 5.91 Å². The van der Waals surface area contributed by atoms with Gasteiger partial charge in [-0.15, -0.1) is 0 Å². The first-order valence-corrected chi connectivity index (χ1v) is 8.87. The van der Waals surface area contributed by atoms with Gasteiger partial charge in [-0.05, 0) is 37.5 Å². The van der Waals surface area contributed by atoms with Gasteiger partial charge in [0.25, 0.3) is 0 Å². The minimum Gasteiger partial charge on any atom is -0.497 e. The van der Waals surface area contributed by atoms with Gasteiger partial charge in [0.15, 0.2) is 0 Å². The van der Waals surface area contributed by atoms with E-state index in [1.165, 1.54) is 0 Å². The van der Waals surface area contributed by atoms with Crippen LogP contribution in [0.2, 0.25) is 0 Å². The summed E-state index contributed by atoms with van der Waals surface area (Å²) < 4.78 is 4.73. The molecule has 0 fully saturated rings. The Hall–Kier alpha value is -1.81. The maximum atomic E-state index is 13.1. The SMILES string of the molecule is CCc1ccc(OC)cc1N(Cc1ccccc1)C(=O)C(C)(C)Br. The van der Waals surface area contributed by atoms with Crippen LogP contribution in [-0.2, 0) is 17.8 Å². The number of methoxy groups -OCH3 is 1. The molecule has 24 heavy (non-hydrogen) atoms. The van der Waals surface area contributed by atoms with Crippen molar-refractivity contribution in [1.29, 1.82) is 0 Å². The Labute approximate surface area is 152 Å². The van der Waals surface area contributed by atoms with Crippen LogP contribution in [0.25, 0.3) is 0 Å². The number of carbonyl (C=O) groups excluding carboxylic acids is 1. The van der Waals surface area contributed by atoms with Crippen LogP contribution in [0.4, 0.5) is 5.69 Å². The molecule has 1 amide bonds. The average Bonchev–Trinajstić information content (AvgIpc) is 2.58. The number of rotatable bonds is 6. The molecule has 2 aromatic rings. The molecule has 0 unspecified atom stereocenters. The second kappa shape index (κ2) is 7.84. The van der Waals surface area contributed by atoms with Crippen molar-refractivity contribution in [1.82, 2.24) is 0 Å². The van der Waals surface area contributed by atoms with Gasteiger partial charge in [0.1, 0.15) is 5.75 Å². The lowest BCUT2D eigenvalue weighted by atomic mass is 10.1. The quantitative estimate of drug-likeness (QED) is 0.653. The highest BCUT2D eigenvalue weighted by atomic mass is 79.9. The van der Waals surface area contributed by atoms with E-state index in [9.17, 15) is 4.79 Å². The molecule has 0 aliphatic carbocycles. The predicted molar refractivity (Wildman–Crippen MR) is 103 cm³/mol. The van der Waals surface area contributed by atoms with E-state index in [4.69, 9.17) is 4.74 Å². The Morgan fingerprint density at radius 1 is 1.17 bits per heavy atom. The summed E-state index contributed by atoms with van der Waals surface area (Å²) in [5, 5.41) is 0. The minimum atomic E-state index is -0.643. The zero-order valence-corrected chi connectivity index (χ0v) is 16.3. The third-order valence-electron chi connectivity index (χ3n) is 3.90. The summed E-state index contributed by atoms with van der Waals surface area (Å²) in [7, 11) is 1.64. The van der Waals surface area contributed by atoms with Gasteiger partial charge in [-0.2, -0.15) is 0 Å². The van der Waals surface area contributed by atoms with Crippen LogP contribution in [0.3, 0.4) is 0 Å². The molecule has 3 nitrogen and oxygen atoms in total. The van der Waals surface area contributed by atoms with E-state index in [1.54, 1.807) is 7.11 Å². The molecular formula is C20H24BrNO2. The molecule has 0 saturated heterocycles. The summed E-state index contributed by atoms with van der Waals surface area (Å²) in [4.78, 5) is 14.9. The maximum Gasteiger partial charge on any atom is 0.243 e. The largest absolute Gasteiger partial charge is 0.497 e. The van der Waals surface area contributed by atoms with Crippen molar-refractivity contribution in [2.45, 2.75) is 38.1 Å². The summed E-state index contributed by atoms with van der Waals surface area (Å²) in [6.07, 6.45) is 0.848. The van der Waals surface area contributed by atoms with E-state index >= 15 is 0 Å². The van der Waals surface area contributed by atoms with Crippen LogP contribution in [0.15, 0.2) is 48.5 Å². The fourth-order valence-electron chi connectivity index (χ4n) is 2.57. The first-order valence-electron chi connectivity index (χ1n) is 8.08. The molecule has 0 bridgehead atoms. The van der Waals surface area contributed by atoms with Crippen molar-refractivity contribution in [3.63, 3.8) is 0 Å². The predicted octanol–water partition coefficient (Wildman–Crippen LogP) is 4.96. The van der Waals surface area contributed by atoms with Crippen molar-refractivity contribution in [2.75, 3.05) is 12.0 Å². The molecule has 0 saturated carbocycles. The van der Waals surface area contributed by atoms with Crippen molar-refractivity contribution < 1.29 is 9.53 Å². The molecule has 128 valence electrons. The zero-order chi connectivity index (χ0) is 17.7. The van der Waals surface area contributed by atoms with Crippen molar-refractivity contribution in [2.24, 2.45) is 0 Å². The van der Waals surface area contributed by atoms with Crippen molar-refractivity contribution in [3.8, 4) is 5.75 Å². The molecule has 0 spiro atoms. The molecule has 0 N–H and O–H groups in total. The highest BCUT2D eigenvalue weighted by Gasteiger charge is 2.31. The van der Waals surface area contributed by atoms with Gasteiger partial charge >= 0.3 is 0 Å². The monoisotopic (exact) mass is 389 g/mol. The van der Waals surface area contributed by atoms with Gasteiger partial charge in [0.2, 0.25) is 5.91 Å². The number of alkyl halides is 1. The molecule has 4 heteroatoms. The van der Waals surface area contributed by atoms with Crippen LogP contribution in [0.5, 0.6) is 5.75 Å². The summed E-state index contributed by atoms with van der Waals surface area (Å²) in [6.45, 7) is 6.36. The van der Waals surface area contributed by atoms with Gasteiger partial charge in [0, 0.05) is 6.07 Å². The van der Waals surface area contributed by atoms with Crippen LogP contribution in [0.1, 0.15) is 31.9 Å². The van der Waals surface area contributed by atoms with Crippen LogP contribution < -0.4 is 9.64 Å². The summed E-state index contributed by atoms with van der Waals surface area (Å²) in [6, 6.07) is 15.9. The lowest BCUT2D eigenvalue weighted by Gasteiger charge is -2.30. The zero-order valence-electron chi connectivity index (χ0n) is 14.7. The number of ether oxygens (including phenoxy) is 1. The number of nitrogens with zero attached hydrogens (tertiary/aromatic N) is 1. The first kappa shape index (κ1) is 18.5. The fourth-order valence-corrected chi connectivity index (χ4v) is 2.79. The number of halogens is 1. The topological polar surface area (TPSA) is 29.5 Å². The van der Waals surface area contributed by atoms with Crippen LogP contribution >= 0.6 is 15.9 Å². The number of carbonyl (C=O) groups is 1. The molecule has 0 atom stereocenters. The van der Waals surface area contributed by atoms with Crippen LogP contribution in [-0.4, -0.2) is 17.3 Å². The molecule has 0 aliphatic heterocycles. The summed E-state index contributed by atoms with van der Waals surface area (Å²) in [5.41, 5.74) is 3.11. The Bertz CT molecular complexity index is 693. The number of hydrogen-bond donors (Lipinski definition) is 0. The van der Waals surface area contributed by atoms with Gasteiger partial charge < -0.3 is 9.64 Å². The number of amides is 1. The van der Waals surface area contributed by atoms with Gasteiger partial charge in [-0.25, -0.2) is 0 Å². The molecule has 0 aromatic heterocycles. The Morgan fingerprint density at radius 3 is 2.38 bits per heavy atom. The number of aryl methyl sites for hydroxylation is 1. The van der Waals surface area contributed by atoms with E-state index in [2.05, 4.69) is 22.9 Å². The first-order chi connectivity index (χ1) is 11.4. The van der Waals surface area contributed by atoms with E-state index in [1.807, 2.05) is 67.3 Å². The Balaban J connectivity index is 2.51. The van der Waals surface area contributed by atoms with E-state index in [0.717, 1.165) is 29.0 Å². The number of hydrogen-bond acceptors (Lipinski definition) is 2. The van der Waals surface area contributed by atoms with Gasteiger partial charge in [0.05, 0.1) is 23.7 Å². The average molecular weight is 390 g/mol. The highest BCUT2D eigenvalue weighted by Crippen LogP contribution is 2.31. The Kier molecular flexibility index (Phi) is 6.05.